The van der Waals surface area contributed by atoms with Crippen molar-refractivity contribution in [2.24, 2.45) is 11.8 Å². The van der Waals surface area contributed by atoms with Gasteiger partial charge < -0.3 is 19.5 Å². The molecule has 0 bridgehead atoms. The number of hydrogen-bond acceptors (Lipinski definition) is 4. The van der Waals surface area contributed by atoms with Crippen molar-refractivity contribution in [1.82, 2.24) is 4.90 Å². The normalized spacial score (nSPS) is 33.5. The minimum Gasteiger partial charge on any atom is -0.390 e. The third-order valence-electron chi connectivity index (χ3n) is 4.32. The lowest BCUT2D eigenvalue weighted by molar-refractivity contribution is -0.131. The van der Waals surface area contributed by atoms with Crippen LogP contribution in [-0.4, -0.2) is 54.6 Å². The molecule has 19 heavy (non-hydrogen) atoms. The summed E-state index contributed by atoms with van der Waals surface area (Å²) in [6.45, 7) is 1.25. The minimum atomic E-state index is -0.606. The molecule has 4 unspecified atom stereocenters. The Kier molecular flexibility index (Phi) is 4.93. The van der Waals surface area contributed by atoms with E-state index in [-0.39, 0.29) is 23.8 Å². The average molecular weight is 269 g/mol. The third kappa shape index (κ3) is 3.15. The predicted molar refractivity (Wildman–Crippen MR) is 69.5 cm³/mol. The minimum absolute atomic E-state index is 0.0432. The molecule has 4 atom stereocenters. The van der Waals surface area contributed by atoms with E-state index in [9.17, 15) is 14.7 Å². The van der Waals surface area contributed by atoms with E-state index < -0.39 is 6.10 Å². The average Bonchev–Trinajstić information content (AvgIpc) is 2.73. The van der Waals surface area contributed by atoms with Crippen molar-refractivity contribution in [3.63, 3.8) is 0 Å². The summed E-state index contributed by atoms with van der Waals surface area (Å²) >= 11 is 0. The number of aldehydes is 1. The summed E-state index contributed by atoms with van der Waals surface area (Å²) in [6, 6.07) is 0. The van der Waals surface area contributed by atoms with Gasteiger partial charge in [0, 0.05) is 38.5 Å². The third-order valence-corrected chi connectivity index (χ3v) is 4.32. The molecule has 0 aliphatic carbocycles. The number of hydrogen-bond donors (Lipinski definition) is 1. The maximum absolute atomic E-state index is 12.1. The standard InChI is InChI=1S/C14H23NO4/c1-15-9-11(10(14(15)18)5-4-7-16)13(17)12-6-2-3-8-19-12/h7,10-13,17H,2-6,8-9H2,1H3. The molecule has 1 amide bonds. The Morgan fingerprint density at radius 3 is 2.95 bits per heavy atom. The second kappa shape index (κ2) is 6.48. The van der Waals surface area contributed by atoms with Crippen LogP contribution in [0.2, 0.25) is 0 Å². The summed E-state index contributed by atoms with van der Waals surface area (Å²) in [5, 5.41) is 10.5. The number of aliphatic hydroxyl groups excluding tert-OH is 1. The van der Waals surface area contributed by atoms with E-state index in [1.807, 2.05) is 0 Å². The number of carbonyl (C=O) groups excluding carboxylic acids is 2. The number of aliphatic hydroxyl groups is 1. The lowest BCUT2D eigenvalue weighted by atomic mass is 9.83. The van der Waals surface area contributed by atoms with E-state index in [0.29, 0.717) is 26.0 Å². The van der Waals surface area contributed by atoms with Crippen LogP contribution in [0.4, 0.5) is 0 Å². The zero-order chi connectivity index (χ0) is 13.8. The van der Waals surface area contributed by atoms with Gasteiger partial charge >= 0.3 is 0 Å². The van der Waals surface area contributed by atoms with Gasteiger partial charge in [-0.1, -0.05) is 0 Å². The van der Waals surface area contributed by atoms with Crippen molar-refractivity contribution in [3.8, 4) is 0 Å². The largest absolute Gasteiger partial charge is 0.390 e. The smallest absolute Gasteiger partial charge is 0.225 e. The highest BCUT2D eigenvalue weighted by Crippen LogP contribution is 2.33. The molecule has 0 radical (unpaired) electrons. The Balaban J connectivity index is 2.02. The first-order valence-electron chi connectivity index (χ1n) is 7.13. The summed E-state index contributed by atoms with van der Waals surface area (Å²) in [7, 11) is 1.75. The fraction of sp³-hybridized carbons (Fsp3) is 0.857. The van der Waals surface area contributed by atoms with Crippen molar-refractivity contribution in [3.05, 3.63) is 0 Å². The quantitative estimate of drug-likeness (QED) is 0.742. The molecule has 0 aromatic rings. The fourth-order valence-electron chi connectivity index (χ4n) is 3.24. The molecule has 2 fully saturated rings. The molecule has 2 aliphatic heterocycles. The van der Waals surface area contributed by atoms with Crippen LogP contribution in [0.15, 0.2) is 0 Å². The Morgan fingerprint density at radius 2 is 2.32 bits per heavy atom. The van der Waals surface area contributed by atoms with Gasteiger partial charge in [0.2, 0.25) is 5.91 Å². The fourth-order valence-corrected chi connectivity index (χ4v) is 3.24. The van der Waals surface area contributed by atoms with Gasteiger partial charge in [-0.05, 0) is 25.7 Å². The first kappa shape index (κ1) is 14.5. The first-order valence-corrected chi connectivity index (χ1v) is 7.13. The monoisotopic (exact) mass is 269 g/mol. The molecule has 1 N–H and O–H groups in total. The van der Waals surface area contributed by atoms with Crippen molar-refractivity contribution in [2.75, 3.05) is 20.2 Å². The number of ether oxygens (including phenoxy) is 1. The highest BCUT2D eigenvalue weighted by molar-refractivity contribution is 5.81. The number of likely N-dealkylation sites (tertiary alicyclic amines) is 1. The van der Waals surface area contributed by atoms with Gasteiger partial charge in [0.25, 0.3) is 0 Å². The van der Waals surface area contributed by atoms with Gasteiger partial charge in [0.05, 0.1) is 12.2 Å². The van der Waals surface area contributed by atoms with Gasteiger partial charge in [0.15, 0.2) is 0 Å². The van der Waals surface area contributed by atoms with E-state index in [4.69, 9.17) is 4.74 Å². The maximum Gasteiger partial charge on any atom is 0.225 e. The highest BCUT2D eigenvalue weighted by Gasteiger charge is 2.44. The van der Waals surface area contributed by atoms with E-state index in [1.54, 1.807) is 11.9 Å². The SMILES string of the molecule is CN1CC(C(O)C2CCCCO2)C(CCC=O)C1=O. The molecular weight excluding hydrogens is 246 g/mol. The van der Waals surface area contributed by atoms with Gasteiger partial charge in [0.1, 0.15) is 6.29 Å². The molecule has 0 spiro atoms. The van der Waals surface area contributed by atoms with Gasteiger partial charge in [-0.25, -0.2) is 0 Å². The van der Waals surface area contributed by atoms with Crippen LogP contribution in [0.1, 0.15) is 32.1 Å². The number of carbonyl (C=O) groups is 2. The Labute approximate surface area is 113 Å². The molecule has 5 heteroatoms. The summed E-state index contributed by atoms with van der Waals surface area (Å²) in [4.78, 5) is 24.2. The van der Waals surface area contributed by atoms with Crippen LogP contribution in [0.3, 0.4) is 0 Å². The highest BCUT2D eigenvalue weighted by atomic mass is 16.5. The molecule has 0 aromatic carbocycles. The summed E-state index contributed by atoms with van der Waals surface area (Å²) in [6.07, 6.45) is 3.95. The maximum atomic E-state index is 12.1. The van der Waals surface area contributed by atoms with Gasteiger partial charge in [-0.15, -0.1) is 0 Å². The number of rotatable bonds is 5. The van der Waals surface area contributed by atoms with Gasteiger partial charge in [-0.2, -0.15) is 0 Å². The van der Waals surface area contributed by atoms with Crippen LogP contribution in [0.25, 0.3) is 0 Å². The van der Waals surface area contributed by atoms with Crippen molar-refractivity contribution >= 4 is 12.2 Å². The summed E-state index contributed by atoms with van der Waals surface area (Å²) in [5.74, 6) is -0.307. The zero-order valence-electron chi connectivity index (χ0n) is 11.5. The molecule has 2 aliphatic rings. The van der Waals surface area contributed by atoms with Crippen molar-refractivity contribution < 1.29 is 19.4 Å². The van der Waals surface area contributed by atoms with Crippen LogP contribution >= 0.6 is 0 Å². The number of nitrogens with zero attached hydrogens (tertiary/aromatic N) is 1. The van der Waals surface area contributed by atoms with Crippen molar-refractivity contribution in [2.45, 2.75) is 44.3 Å². The molecule has 0 saturated carbocycles. The second-order valence-electron chi connectivity index (χ2n) is 5.63. The summed E-state index contributed by atoms with van der Waals surface area (Å²) < 4.78 is 5.63. The Bertz CT molecular complexity index is 327. The molecule has 108 valence electrons. The van der Waals surface area contributed by atoms with Crippen molar-refractivity contribution in [1.29, 1.82) is 0 Å². The zero-order valence-corrected chi connectivity index (χ0v) is 11.5. The first-order chi connectivity index (χ1) is 9.15. The Hall–Kier alpha value is -0.940. The van der Waals surface area contributed by atoms with E-state index in [1.165, 1.54) is 0 Å². The predicted octanol–water partition coefficient (Wildman–Crippen LogP) is 0.600. The van der Waals surface area contributed by atoms with Crippen LogP contribution in [0.5, 0.6) is 0 Å². The molecular formula is C14H23NO4. The lowest BCUT2D eigenvalue weighted by Gasteiger charge is -2.32. The van der Waals surface area contributed by atoms with Crippen LogP contribution in [-0.2, 0) is 14.3 Å². The van der Waals surface area contributed by atoms with Crippen LogP contribution < -0.4 is 0 Å². The van der Waals surface area contributed by atoms with Gasteiger partial charge in [-0.3, -0.25) is 4.79 Å². The topological polar surface area (TPSA) is 66.8 Å². The summed E-state index contributed by atoms with van der Waals surface area (Å²) in [5.41, 5.74) is 0. The molecule has 5 nitrogen and oxygen atoms in total. The molecule has 0 aromatic heterocycles. The second-order valence-corrected chi connectivity index (χ2v) is 5.63. The molecule has 2 rings (SSSR count). The van der Waals surface area contributed by atoms with E-state index in [0.717, 1.165) is 25.5 Å². The molecule has 2 saturated heterocycles. The lowest BCUT2D eigenvalue weighted by Crippen LogP contribution is -2.41. The van der Waals surface area contributed by atoms with Crippen LogP contribution in [0, 0.1) is 11.8 Å². The number of amides is 1. The van der Waals surface area contributed by atoms with E-state index in [2.05, 4.69) is 0 Å². The molecule has 2 heterocycles. The Morgan fingerprint density at radius 1 is 1.53 bits per heavy atom. The van der Waals surface area contributed by atoms with E-state index >= 15 is 0 Å².